The zero-order chi connectivity index (χ0) is 22.4. The molecule has 0 aliphatic carbocycles. The van der Waals surface area contributed by atoms with E-state index in [1.54, 1.807) is 0 Å². The lowest BCUT2D eigenvalue weighted by Gasteiger charge is -2.15. The zero-order valence-electron chi connectivity index (χ0n) is 19.6. The molecule has 33 heavy (non-hydrogen) atoms. The Morgan fingerprint density at radius 2 is 1.61 bits per heavy atom. The number of aryl methyl sites for hydroxylation is 2. The molecular formula is C31H27N2+. The molecule has 0 amide bonds. The largest absolute Gasteiger partial charge is 0.307 e. The van der Waals surface area contributed by atoms with Crippen molar-refractivity contribution in [2.24, 2.45) is 13.0 Å². The van der Waals surface area contributed by atoms with Crippen LogP contribution >= 0.6 is 0 Å². The van der Waals surface area contributed by atoms with E-state index in [9.17, 15) is 0 Å². The van der Waals surface area contributed by atoms with Gasteiger partial charge in [0.2, 0.25) is 5.52 Å². The van der Waals surface area contributed by atoms with E-state index in [1.807, 2.05) is 0 Å². The minimum atomic E-state index is 0.648. The maximum Gasteiger partial charge on any atom is 0.224 e. The standard InChI is InChI=1S/C31H27N2/c1-18(2)15-20-10-12-22-21(16-20)17-27-29-24(22)13-14-32(4)31(29)28-19(3)9-11-25-23-7-5-6-8-26(23)33(27)30(25)28/h5-14,16-18H,15H2,1-4H3/q+1. The Balaban J connectivity index is 1.82. The van der Waals surface area contributed by atoms with E-state index >= 15 is 0 Å². The Kier molecular flexibility index (Phi) is 3.69. The van der Waals surface area contributed by atoms with Gasteiger partial charge in [0.1, 0.15) is 7.05 Å². The van der Waals surface area contributed by atoms with E-state index in [4.69, 9.17) is 0 Å². The number of pyridine rings is 2. The summed E-state index contributed by atoms with van der Waals surface area (Å²) in [6, 6.07) is 25.3. The van der Waals surface area contributed by atoms with Crippen LogP contribution in [-0.2, 0) is 13.5 Å². The molecule has 0 fully saturated rings. The van der Waals surface area contributed by atoms with Gasteiger partial charge in [-0.2, -0.15) is 0 Å². The monoisotopic (exact) mass is 427 g/mol. The van der Waals surface area contributed by atoms with Crippen molar-refractivity contribution in [2.75, 3.05) is 0 Å². The molecule has 0 bridgehead atoms. The molecule has 0 radical (unpaired) electrons. The molecule has 4 aromatic carbocycles. The second-order valence-corrected chi connectivity index (χ2v) is 10.1. The van der Waals surface area contributed by atoms with E-state index in [2.05, 4.69) is 110 Å². The van der Waals surface area contributed by atoms with Crippen molar-refractivity contribution < 1.29 is 4.57 Å². The van der Waals surface area contributed by atoms with Crippen molar-refractivity contribution >= 4 is 59.8 Å². The van der Waals surface area contributed by atoms with Crippen LogP contribution in [-0.4, -0.2) is 4.40 Å². The summed E-state index contributed by atoms with van der Waals surface area (Å²) >= 11 is 0. The SMILES string of the molecule is Cc1ccc2c3ccccc3n3c4cc5cc(CC(C)C)ccc5c5cc[n+](C)c(c1c23)c54. The molecule has 2 nitrogen and oxygen atoms in total. The van der Waals surface area contributed by atoms with Gasteiger partial charge in [0, 0.05) is 22.2 Å². The number of fused-ring (bicyclic) bond motifs is 7. The van der Waals surface area contributed by atoms with Crippen LogP contribution in [0.3, 0.4) is 0 Å². The third-order valence-electron chi connectivity index (χ3n) is 7.44. The smallest absolute Gasteiger partial charge is 0.224 e. The van der Waals surface area contributed by atoms with Gasteiger partial charge in [0.15, 0.2) is 6.20 Å². The highest BCUT2D eigenvalue weighted by Gasteiger charge is 2.24. The van der Waals surface area contributed by atoms with Crippen molar-refractivity contribution in [3.8, 4) is 0 Å². The molecule has 0 saturated carbocycles. The van der Waals surface area contributed by atoms with Crippen molar-refractivity contribution in [2.45, 2.75) is 27.2 Å². The second-order valence-electron chi connectivity index (χ2n) is 10.1. The third-order valence-corrected chi connectivity index (χ3v) is 7.44. The molecular weight excluding hydrogens is 400 g/mol. The number of hydrogen-bond acceptors (Lipinski definition) is 0. The highest BCUT2D eigenvalue weighted by Crippen LogP contribution is 2.42. The summed E-state index contributed by atoms with van der Waals surface area (Å²) in [4.78, 5) is 0. The van der Waals surface area contributed by atoms with Gasteiger partial charge >= 0.3 is 0 Å². The van der Waals surface area contributed by atoms with Crippen molar-refractivity contribution in [3.63, 3.8) is 0 Å². The van der Waals surface area contributed by atoms with E-state index in [1.165, 1.54) is 70.9 Å². The van der Waals surface area contributed by atoms with E-state index < -0.39 is 0 Å². The fourth-order valence-electron chi connectivity index (χ4n) is 6.11. The Labute approximate surface area is 193 Å². The Bertz CT molecular complexity index is 1890. The molecule has 0 N–H and O–H groups in total. The molecule has 0 atom stereocenters. The van der Waals surface area contributed by atoms with Crippen LogP contribution in [0.2, 0.25) is 0 Å². The van der Waals surface area contributed by atoms with E-state index in [0.717, 1.165) is 6.42 Å². The zero-order valence-corrected chi connectivity index (χ0v) is 19.6. The maximum atomic E-state index is 2.52. The lowest BCUT2D eigenvalue weighted by molar-refractivity contribution is -0.643. The molecule has 0 unspecified atom stereocenters. The minimum Gasteiger partial charge on any atom is -0.307 e. The van der Waals surface area contributed by atoms with E-state index in [0.29, 0.717) is 5.92 Å². The fourth-order valence-corrected chi connectivity index (χ4v) is 6.11. The van der Waals surface area contributed by atoms with Crippen molar-refractivity contribution in [1.29, 1.82) is 0 Å². The molecule has 0 saturated heterocycles. The number of para-hydroxylation sites is 1. The summed E-state index contributed by atoms with van der Waals surface area (Å²) in [5.41, 5.74) is 8.00. The van der Waals surface area contributed by atoms with Gasteiger partial charge < -0.3 is 4.40 Å². The van der Waals surface area contributed by atoms with Crippen LogP contribution in [0.1, 0.15) is 25.0 Å². The van der Waals surface area contributed by atoms with Crippen LogP contribution in [0.15, 0.2) is 72.9 Å². The third kappa shape index (κ3) is 2.41. The average molecular weight is 428 g/mol. The first kappa shape index (κ1) is 18.9. The van der Waals surface area contributed by atoms with Gasteiger partial charge in [-0.15, -0.1) is 0 Å². The maximum absolute atomic E-state index is 2.52. The van der Waals surface area contributed by atoms with Crippen LogP contribution in [0, 0.1) is 12.8 Å². The average Bonchev–Trinajstić information content (AvgIpc) is 3.13. The molecule has 7 rings (SSSR count). The first-order chi connectivity index (χ1) is 16.0. The predicted octanol–water partition coefficient (Wildman–Crippen LogP) is 7.47. The van der Waals surface area contributed by atoms with Gasteiger partial charge in [-0.3, -0.25) is 0 Å². The van der Waals surface area contributed by atoms with Gasteiger partial charge in [-0.05, 0) is 53.3 Å². The summed E-state index contributed by atoms with van der Waals surface area (Å²) in [6.45, 7) is 6.84. The quantitative estimate of drug-likeness (QED) is 0.154. The topological polar surface area (TPSA) is 8.29 Å². The minimum absolute atomic E-state index is 0.648. The van der Waals surface area contributed by atoms with Crippen LogP contribution in [0.5, 0.6) is 0 Å². The number of benzene rings is 4. The summed E-state index contributed by atoms with van der Waals surface area (Å²) in [5, 5.41) is 9.39. The summed E-state index contributed by atoms with van der Waals surface area (Å²) in [5.74, 6) is 0.648. The summed E-state index contributed by atoms with van der Waals surface area (Å²) in [7, 11) is 2.19. The van der Waals surface area contributed by atoms with Crippen molar-refractivity contribution in [3.05, 3.63) is 84.1 Å². The van der Waals surface area contributed by atoms with Crippen LogP contribution in [0.25, 0.3) is 59.8 Å². The number of rotatable bonds is 2. The first-order valence-corrected chi connectivity index (χ1v) is 11.9. The summed E-state index contributed by atoms with van der Waals surface area (Å²) in [6.07, 6.45) is 3.34. The molecule has 0 aliphatic rings. The second kappa shape index (κ2) is 6.45. The number of aromatic nitrogens is 2. The fraction of sp³-hybridized carbons (Fsp3) is 0.194. The Hall–Kier alpha value is -3.65. The normalized spacial score (nSPS) is 12.6. The number of hydrogen-bond donors (Lipinski definition) is 0. The van der Waals surface area contributed by atoms with Crippen molar-refractivity contribution in [1.82, 2.24) is 4.40 Å². The lowest BCUT2D eigenvalue weighted by atomic mass is 9.94. The van der Waals surface area contributed by atoms with Crippen LogP contribution in [0.4, 0.5) is 0 Å². The Morgan fingerprint density at radius 1 is 0.788 bits per heavy atom. The molecule has 2 heteroatoms. The van der Waals surface area contributed by atoms with Gasteiger partial charge in [-0.1, -0.05) is 62.4 Å². The highest BCUT2D eigenvalue weighted by atomic mass is 15.0. The van der Waals surface area contributed by atoms with Gasteiger partial charge in [-0.25, -0.2) is 4.57 Å². The summed E-state index contributed by atoms with van der Waals surface area (Å²) < 4.78 is 4.84. The number of nitrogens with zero attached hydrogens (tertiary/aromatic N) is 2. The Morgan fingerprint density at radius 3 is 2.45 bits per heavy atom. The highest BCUT2D eigenvalue weighted by molar-refractivity contribution is 6.29. The predicted molar refractivity (Wildman–Crippen MR) is 141 cm³/mol. The molecule has 3 heterocycles. The van der Waals surface area contributed by atoms with E-state index in [-0.39, 0.29) is 0 Å². The molecule has 0 aliphatic heterocycles. The molecule has 3 aromatic heterocycles. The van der Waals surface area contributed by atoms with Crippen LogP contribution < -0.4 is 4.57 Å². The molecule has 160 valence electrons. The molecule has 7 aromatic rings. The van der Waals surface area contributed by atoms with Gasteiger partial charge in [0.05, 0.1) is 27.3 Å². The molecule has 0 spiro atoms. The van der Waals surface area contributed by atoms with Gasteiger partial charge in [0.25, 0.3) is 0 Å². The first-order valence-electron chi connectivity index (χ1n) is 11.9. The lowest BCUT2D eigenvalue weighted by Crippen LogP contribution is -2.29.